The maximum Gasteiger partial charge on any atom is 0.335 e. The van der Waals surface area contributed by atoms with E-state index in [2.05, 4.69) is 10.2 Å². The van der Waals surface area contributed by atoms with Crippen molar-refractivity contribution in [2.24, 2.45) is 0 Å². The fourth-order valence-corrected chi connectivity index (χ4v) is 1.37. The lowest BCUT2D eigenvalue weighted by molar-refractivity contribution is 0.0698. The van der Waals surface area contributed by atoms with Gasteiger partial charge in [-0.25, -0.2) is 4.79 Å². The summed E-state index contributed by atoms with van der Waals surface area (Å²) in [7, 11) is 3.26. The SMILES string of the molecule is CCc1ccc(C(=O)O)c([Si])c1. The van der Waals surface area contributed by atoms with Gasteiger partial charge in [0.15, 0.2) is 0 Å². The molecule has 1 N–H and O–H groups in total. The van der Waals surface area contributed by atoms with Gasteiger partial charge < -0.3 is 5.11 Å². The summed E-state index contributed by atoms with van der Waals surface area (Å²) in [6.07, 6.45) is 0.914. The smallest absolute Gasteiger partial charge is 0.335 e. The molecule has 0 aliphatic rings. The average molecular weight is 177 g/mol. The normalized spacial score (nSPS) is 9.83. The highest BCUT2D eigenvalue weighted by Gasteiger charge is 2.05. The summed E-state index contributed by atoms with van der Waals surface area (Å²) in [6.45, 7) is 2.03. The van der Waals surface area contributed by atoms with E-state index in [0.717, 1.165) is 12.0 Å². The van der Waals surface area contributed by atoms with Crippen molar-refractivity contribution in [3.63, 3.8) is 0 Å². The molecule has 0 saturated heterocycles. The Morgan fingerprint density at radius 1 is 1.58 bits per heavy atom. The molecule has 0 aromatic heterocycles. The van der Waals surface area contributed by atoms with Crippen LogP contribution in [-0.2, 0) is 6.42 Å². The number of carboxylic acid groups (broad SMARTS) is 1. The summed E-state index contributed by atoms with van der Waals surface area (Å²) < 4.78 is 0. The highest BCUT2D eigenvalue weighted by atomic mass is 28.1. The molecule has 1 rings (SSSR count). The van der Waals surface area contributed by atoms with E-state index >= 15 is 0 Å². The van der Waals surface area contributed by atoms with Crippen LogP contribution < -0.4 is 5.19 Å². The number of aromatic carboxylic acids is 1. The second-order valence-corrected chi connectivity index (χ2v) is 3.08. The van der Waals surface area contributed by atoms with Gasteiger partial charge in [0, 0.05) is 0 Å². The van der Waals surface area contributed by atoms with Gasteiger partial charge in [-0.15, -0.1) is 0 Å². The van der Waals surface area contributed by atoms with Crippen molar-refractivity contribution in [3.05, 3.63) is 29.3 Å². The van der Waals surface area contributed by atoms with Crippen LogP contribution in [0, 0.1) is 0 Å². The van der Waals surface area contributed by atoms with Crippen LogP contribution in [0.5, 0.6) is 0 Å². The molecule has 12 heavy (non-hydrogen) atoms. The van der Waals surface area contributed by atoms with E-state index in [1.165, 1.54) is 0 Å². The Balaban J connectivity index is 3.12. The first kappa shape index (κ1) is 9.00. The van der Waals surface area contributed by atoms with Gasteiger partial charge in [-0.1, -0.05) is 24.2 Å². The molecule has 3 radical (unpaired) electrons. The standard InChI is InChI=1S/C9H9O2Si/c1-2-6-3-4-7(9(10)11)8(12)5-6/h3-5H,2H2,1H3,(H,10,11). The molecular weight excluding hydrogens is 168 g/mol. The first-order valence-corrected chi connectivity index (χ1v) is 4.23. The molecule has 0 aliphatic heterocycles. The topological polar surface area (TPSA) is 37.3 Å². The van der Waals surface area contributed by atoms with Gasteiger partial charge >= 0.3 is 5.97 Å². The largest absolute Gasteiger partial charge is 0.478 e. The lowest BCUT2D eigenvalue weighted by Gasteiger charge is -2.02. The van der Waals surface area contributed by atoms with Gasteiger partial charge in [-0.2, -0.15) is 0 Å². The van der Waals surface area contributed by atoms with Crippen molar-refractivity contribution < 1.29 is 9.90 Å². The minimum absolute atomic E-state index is 0.309. The molecule has 0 unspecified atom stereocenters. The molecule has 0 atom stereocenters. The fourth-order valence-electron chi connectivity index (χ4n) is 0.998. The van der Waals surface area contributed by atoms with E-state index in [1.807, 2.05) is 19.1 Å². The molecule has 0 heterocycles. The van der Waals surface area contributed by atoms with Crippen LogP contribution in [0.25, 0.3) is 0 Å². The van der Waals surface area contributed by atoms with Gasteiger partial charge in [-0.05, 0) is 18.1 Å². The van der Waals surface area contributed by atoms with Crippen LogP contribution >= 0.6 is 0 Å². The van der Waals surface area contributed by atoms with Crippen molar-refractivity contribution >= 4 is 21.4 Å². The Kier molecular flexibility index (Phi) is 2.65. The zero-order chi connectivity index (χ0) is 9.14. The Morgan fingerprint density at radius 3 is 2.67 bits per heavy atom. The predicted octanol–water partition coefficient (Wildman–Crippen LogP) is 0.741. The number of rotatable bonds is 2. The van der Waals surface area contributed by atoms with Crippen LogP contribution in [0.4, 0.5) is 0 Å². The lowest BCUT2D eigenvalue weighted by atomic mass is 10.1. The Morgan fingerprint density at radius 2 is 2.25 bits per heavy atom. The van der Waals surface area contributed by atoms with E-state index in [4.69, 9.17) is 5.11 Å². The molecule has 0 bridgehead atoms. The number of aryl methyl sites for hydroxylation is 1. The molecule has 1 aromatic rings. The van der Waals surface area contributed by atoms with Gasteiger partial charge in [0.2, 0.25) is 0 Å². The van der Waals surface area contributed by atoms with Crippen molar-refractivity contribution in [2.75, 3.05) is 0 Å². The van der Waals surface area contributed by atoms with E-state index in [0.29, 0.717) is 10.8 Å². The van der Waals surface area contributed by atoms with Crippen LogP contribution in [0.2, 0.25) is 0 Å². The summed E-state index contributed by atoms with van der Waals surface area (Å²) in [4.78, 5) is 10.6. The molecule has 61 valence electrons. The van der Waals surface area contributed by atoms with Gasteiger partial charge in [0.05, 0.1) is 15.8 Å². The zero-order valence-electron chi connectivity index (χ0n) is 6.79. The van der Waals surface area contributed by atoms with Crippen LogP contribution in [0.3, 0.4) is 0 Å². The number of benzene rings is 1. The summed E-state index contributed by atoms with van der Waals surface area (Å²) in [5, 5.41) is 9.34. The highest BCUT2D eigenvalue weighted by molar-refractivity contribution is 6.36. The van der Waals surface area contributed by atoms with Gasteiger partial charge in [0.25, 0.3) is 0 Å². The predicted molar refractivity (Wildman–Crippen MR) is 48.2 cm³/mol. The molecular formula is C9H9O2Si. The number of hydrogen-bond acceptors (Lipinski definition) is 1. The molecule has 0 fully saturated rings. The van der Waals surface area contributed by atoms with Gasteiger partial charge in [0.1, 0.15) is 0 Å². The number of hydrogen-bond donors (Lipinski definition) is 1. The maximum absolute atomic E-state index is 10.6. The molecule has 3 heteroatoms. The Labute approximate surface area is 74.7 Å². The fraction of sp³-hybridized carbons (Fsp3) is 0.222. The summed E-state index contributed by atoms with van der Waals surface area (Å²) in [6, 6.07) is 5.27. The van der Waals surface area contributed by atoms with E-state index in [-0.39, 0.29) is 0 Å². The van der Waals surface area contributed by atoms with Crippen LogP contribution in [-0.4, -0.2) is 21.3 Å². The quantitative estimate of drug-likeness (QED) is 0.677. The van der Waals surface area contributed by atoms with Crippen molar-refractivity contribution in [2.45, 2.75) is 13.3 Å². The second-order valence-electron chi connectivity index (χ2n) is 2.54. The molecule has 2 nitrogen and oxygen atoms in total. The molecule has 1 aromatic carbocycles. The van der Waals surface area contributed by atoms with Crippen LogP contribution in [0.1, 0.15) is 22.8 Å². The van der Waals surface area contributed by atoms with E-state index in [1.54, 1.807) is 6.07 Å². The molecule has 0 spiro atoms. The Bertz CT molecular complexity index is 307. The molecule has 0 saturated carbocycles. The van der Waals surface area contributed by atoms with Crippen molar-refractivity contribution in [3.8, 4) is 0 Å². The minimum atomic E-state index is -0.900. The zero-order valence-corrected chi connectivity index (χ0v) is 7.79. The Hall–Kier alpha value is -1.09. The third-order valence-corrected chi connectivity index (χ3v) is 2.14. The monoisotopic (exact) mass is 177 g/mol. The van der Waals surface area contributed by atoms with E-state index < -0.39 is 5.97 Å². The van der Waals surface area contributed by atoms with Crippen LogP contribution in [0.15, 0.2) is 18.2 Å². The van der Waals surface area contributed by atoms with Gasteiger partial charge in [-0.3, -0.25) is 0 Å². The highest BCUT2D eigenvalue weighted by Crippen LogP contribution is 2.01. The first-order chi connectivity index (χ1) is 5.65. The van der Waals surface area contributed by atoms with Crippen molar-refractivity contribution in [1.29, 1.82) is 0 Å². The average Bonchev–Trinajstić information content (AvgIpc) is 2.03. The van der Waals surface area contributed by atoms with E-state index in [9.17, 15) is 4.79 Å². The number of carbonyl (C=O) groups is 1. The maximum atomic E-state index is 10.6. The molecule has 0 aliphatic carbocycles. The number of carboxylic acids is 1. The minimum Gasteiger partial charge on any atom is -0.478 e. The molecule has 0 amide bonds. The second kappa shape index (κ2) is 3.54. The third-order valence-electron chi connectivity index (χ3n) is 1.72. The lowest BCUT2D eigenvalue weighted by Crippen LogP contribution is -2.15. The third kappa shape index (κ3) is 1.74. The summed E-state index contributed by atoms with van der Waals surface area (Å²) in [5.74, 6) is -0.900. The first-order valence-electron chi connectivity index (χ1n) is 3.73. The summed E-state index contributed by atoms with van der Waals surface area (Å²) in [5.41, 5.74) is 1.44. The summed E-state index contributed by atoms with van der Waals surface area (Å²) >= 11 is 0. The van der Waals surface area contributed by atoms with Crippen molar-refractivity contribution in [1.82, 2.24) is 0 Å².